The zero-order valence-electron chi connectivity index (χ0n) is 15.4. The third kappa shape index (κ3) is 4.12. The number of methoxy groups -OCH3 is 1. The molecule has 0 bridgehead atoms. The van der Waals surface area contributed by atoms with Crippen molar-refractivity contribution in [2.75, 3.05) is 19.5 Å². The van der Waals surface area contributed by atoms with Gasteiger partial charge in [-0.05, 0) is 42.5 Å². The number of Topliss-reactive ketones (excluding diaryl/α,β-unsaturated/α-hetero) is 1. The van der Waals surface area contributed by atoms with Crippen LogP contribution in [0.2, 0.25) is 0 Å². The molecule has 0 amide bonds. The zero-order valence-corrected chi connectivity index (χ0v) is 17.1. The lowest BCUT2D eigenvalue weighted by molar-refractivity contribution is 0.0531. The maximum atomic E-state index is 13.0. The highest BCUT2D eigenvalue weighted by Crippen LogP contribution is 2.44. The molecule has 1 aromatic carbocycles. The molecule has 2 aromatic rings. The van der Waals surface area contributed by atoms with Crippen LogP contribution in [0.3, 0.4) is 0 Å². The number of hydrogen-bond acceptors (Lipinski definition) is 6. The molecule has 6 heteroatoms. The van der Waals surface area contributed by atoms with Crippen molar-refractivity contribution in [3.05, 3.63) is 58.5 Å². The summed E-state index contributed by atoms with van der Waals surface area (Å²) in [6, 6.07) is 7.79. The van der Waals surface area contributed by atoms with Gasteiger partial charge in [0.05, 0.1) is 17.9 Å². The molecular formula is C21H22O4S2. The molecule has 27 heavy (non-hydrogen) atoms. The summed E-state index contributed by atoms with van der Waals surface area (Å²) in [7, 11) is 1.63. The van der Waals surface area contributed by atoms with Crippen LogP contribution in [0.25, 0.3) is 0 Å². The largest absolute Gasteiger partial charge is 0.497 e. The number of hydrogen-bond donors (Lipinski definition) is 0. The van der Waals surface area contributed by atoms with Gasteiger partial charge in [0.15, 0.2) is 5.78 Å². The van der Waals surface area contributed by atoms with Gasteiger partial charge in [-0.1, -0.05) is 18.2 Å². The molecule has 1 atom stereocenters. The molecule has 142 valence electrons. The maximum absolute atomic E-state index is 13.0. The van der Waals surface area contributed by atoms with E-state index in [1.807, 2.05) is 24.3 Å². The molecule has 0 aliphatic heterocycles. The second-order valence-corrected chi connectivity index (χ2v) is 8.50. The van der Waals surface area contributed by atoms with Crippen LogP contribution >= 0.6 is 23.1 Å². The van der Waals surface area contributed by atoms with Crippen molar-refractivity contribution in [2.45, 2.75) is 29.9 Å². The summed E-state index contributed by atoms with van der Waals surface area (Å²) >= 11 is 2.92. The van der Waals surface area contributed by atoms with E-state index in [-0.39, 0.29) is 17.7 Å². The molecule has 1 unspecified atom stereocenters. The van der Waals surface area contributed by atoms with E-state index in [9.17, 15) is 9.59 Å². The van der Waals surface area contributed by atoms with E-state index < -0.39 is 0 Å². The molecule has 4 nitrogen and oxygen atoms in total. The fraction of sp³-hybridized carbons (Fsp3) is 0.333. The van der Waals surface area contributed by atoms with Gasteiger partial charge in [-0.3, -0.25) is 4.79 Å². The quantitative estimate of drug-likeness (QED) is 0.365. The minimum Gasteiger partial charge on any atom is -0.497 e. The fourth-order valence-electron chi connectivity index (χ4n) is 3.27. The summed E-state index contributed by atoms with van der Waals surface area (Å²) < 4.78 is 11.3. The molecule has 1 aliphatic rings. The minimum absolute atomic E-state index is 0.0518. The molecular weight excluding hydrogens is 380 g/mol. The van der Waals surface area contributed by atoms with E-state index >= 15 is 0 Å². The molecule has 0 radical (unpaired) electrons. The van der Waals surface area contributed by atoms with Crippen LogP contribution in [0.4, 0.5) is 0 Å². The van der Waals surface area contributed by atoms with E-state index in [2.05, 4.69) is 6.58 Å². The van der Waals surface area contributed by atoms with E-state index in [4.69, 9.17) is 9.47 Å². The lowest BCUT2D eigenvalue weighted by atomic mass is 9.80. The number of benzene rings is 1. The van der Waals surface area contributed by atoms with Crippen molar-refractivity contribution in [2.24, 2.45) is 0 Å². The number of thioether (sulfide) groups is 1. The van der Waals surface area contributed by atoms with Crippen LogP contribution in [0.1, 0.15) is 50.4 Å². The number of carbonyl (C=O) groups excluding carboxylic acids is 2. The fourth-order valence-corrected chi connectivity index (χ4v) is 5.59. The summed E-state index contributed by atoms with van der Waals surface area (Å²) in [5, 5.41) is 0. The van der Waals surface area contributed by atoms with Gasteiger partial charge in [0.2, 0.25) is 0 Å². The zero-order chi connectivity index (χ0) is 19.4. The smallest absolute Gasteiger partial charge is 0.348 e. The SMILES string of the molecule is C=CCSc1sc(C(=O)OCC)c2c1C(=O)CC(c1ccc(OC)cc1)C2. The molecule has 1 aliphatic carbocycles. The highest BCUT2D eigenvalue weighted by molar-refractivity contribution is 8.01. The predicted molar refractivity (Wildman–Crippen MR) is 110 cm³/mol. The van der Waals surface area contributed by atoms with Crippen molar-refractivity contribution in [1.82, 2.24) is 0 Å². The summed E-state index contributed by atoms with van der Waals surface area (Å²) in [6.45, 7) is 5.85. The second-order valence-electron chi connectivity index (χ2n) is 6.19. The Balaban J connectivity index is 1.98. The highest BCUT2D eigenvalue weighted by atomic mass is 32.2. The van der Waals surface area contributed by atoms with Crippen molar-refractivity contribution in [1.29, 1.82) is 0 Å². The summed E-state index contributed by atoms with van der Waals surface area (Å²) in [5.41, 5.74) is 2.62. The van der Waals surface area contributed by atoms with Crippen molar-refractivity contribution < 1.29 is 19.1 Å². The van der Waals surface area contributed by atoms with Crippen LogP contribution in [-0.2, 0) is 11.2 Å². The average Bonchev–Trinajstić information content (AvgIpc) is 3.06. The average molecular weight is 403 g/mol. The molecule has 0 saturated heterocycles. The normalized spacial score (nSPS) is 15.9. The Labute approximate surface area is 167 Å². The molecule has 0 N–H and O–H groups in total. The first-order chi connectivity index (χ1) is 13.1. The van der Waals surface area contributed by atoms with E-state index in [0.717, 1.165) is 21.1 Å². The van der Waals surface area contributed by atoms with Crippen molar-refractivity contribution >= 4 is 34.9 Å². The summed E-state index contributed by atoms with van der Waals surface area (Å²) in [4.78, 5) is 26.0. The minimum atomic E-state index is -0.340. The molecule has 1 heterocycles. The van der Waals surface area contributed by atoms with Gasteiger partial charge < -0.3 is 9.47 Å². The first-order valence-electron chi connectivity index (χ1n) is 8.82. The van der Waals surface area contributed by atoms with Crippen LogP contribution in [0, 0.1) is 0 Å². The Morgan fingerprint density at radius 2 is 2.07 bits per heavy atom. The highest BCUT2D eigenvalue weighted by Gasteiger charge is 2.34. The number of ether oxygens (including phenoxy) is 2. The van der Waals surface area contributed by atoms with Crippen molar-refractivity contribution in [3.63, 3.8) is 0 Å². The first kappa shape index (κ1) is 19.7. The summed E-state index contributed by atoms with van der Waals surface area (Å²) in [5.74, 6) is 1.29. The molecule has 3 rings (SSSR count). The van der Waals surface area contributed by atoms with Gasteiger partial charge in [-0.2, -0.15) is 0 Å². The molecule has 0 saturated carbocycles. The Kier molecular flexibility index (Phi) is 6.39. The van der Waals surface area contributed by atoms with Crippen LogP contribution in [0.15, 0.2) is 41.1 Å². The molecule has 0 fully saturated rings. The standard InChI is InChI=1S/C21H22O4S2/c1-4-10-26-21-18-16(19(27-21)20(23)25-5-2)11-14(12-17(18)22)13-6-8-15(24-3)9-7-13/h4,6-9,14H,1,5,10-12H2,2-3H3. The molecule has 0 spiro atoms. The van der Waals surface area contributed by atoms with E-state index in [1.165, 1.54) is 11.3 Å². The third-order valence-corrected chi connectivity index (χ3v) is 7.00. The lowest BCUT2D eigenvalue weighted by Gasteiger charge is -2.23. The van der Waals surface area contributed by atoms with Gasteiger partial charge in [0.25, 0.3) is 0 Å². The topological polar surface area (TPSA) is 52.6 Å². The number of rotatable bonds is 7. The van der Waals surface area contributed by atoms with Gasteiger partial charge >= 0.3 is 5.97 Å². The Morgan fingerprint density at radius 1 is 1.33 bits per heavy atom. The number of esters is 1. The van der Waals surface area contributed by atoms with Gasteiger partial charge in [0, 0.05) is 17.7 Å². The Bertz CT molecular complexity index is 852. The number of carbonyl (C=O) groups is 2. The predicted octanol–water partition coefficient (Wildman–Crippen LogP) is 5.12. The monoisotopic (exact) mass is 402 g/mol. The second kappa shape index (κ2) is 8.76. The van der Waals surface area contributed by atoms with Crippen LogP contribution in [0.5, 0.6) is 5.75 Å². The van der Waals surface area contributed by atoms with Crippen LogP contribution < -0.4 is 4.74 Å². The Morgan fingerprint density at radius 3 is 2.70 bits per heavy atom. The van der Waals surface area contributed by atoms with E-state index in [1.54, 1.807) is 31.9 Å². The Hall–Kier alpha value is -2.05. The van der Waals surface area contributed by atoms with Crippen LogP contribution in [-0.4, -0.2) is 31.2 Å². The number of fused-ring (bicyclic) bond motifs is 1. The van der Waals surface area contributed by atoms with Gasteiger partial charge in [-0.15, -0.1) is 29.7 Å². The molecule has 1 aromatic heterocycles. The number of thiophene rings is 1. The maximum Gasteiger partial charge on any atom is 0.348 e. The number of ketones is 1. The third-order valence-electron chi connectivity index (χ3n) is 4.52. The lowest BCUT2D eigenvalue weighted by Crippen LogP contribution is -2.20. The first-order valence-corrected chi connectivity index (χ1v) is 10.6. The summed E-state index contributed by atoms with van der Waals surface area (Å²) in [6.07, 6.45) is 2.90. The van der Waals surface area contributed by atoms with Gasteiger partial charge in [0.1, 0.15) is 10.6 Å². The van der Waals surface area contributed by atoms with Gasteiger partial charge in [-0.25, -0.2) is 4.79 Å². The van der Waals surface area contributed by atoms with Crippen molar-refractivity contribution in [3.8, 4) is 5.75 Å². The van der Waals surface area contributed by atoms with E-state index in [0.29, 0.717) is 35.6 Å².